The van der Waals surface area contributed by atoms with Gasteiger partial charge in [0.05, 0.1) is 6.61 Å². The molecule has 1 unspecified atom stereocenters. The second kappa shape index (κ2) is 8.16. The molecule has 0 fully saturated rings. The van der Waals surface area contributed by atoms with E-state index in [1.165, 1.54) is 27.8 Å². The average Bonchev–Trinajstić information content (AvgIpc) is 2.50. The van der Waals surface area contributed by atoms with E-state index in [0.29, 0.717) is 12.5 Å². The second-order valence-corrected chi connectivity index (χ2v) is 6.51. The van der Waals surface area contributed by atoms with Gasteiger partial charge in [-0.05, 0) is 75.3 Å². The fourth-order valence-corrected chi connectivity index (χ4v) is 3.34. The molecule has 2 heteroatoms. The fraction of sp³-hybridized carbons (Fsp3) is 0.429. The van der Waals surface area contributed by atoms with Crippen LogP contribution in [0.25, 0.3) is 0 Å². The van der Waals surface area contributed by atoms with Gasteiger partial charge in [0.1, 0.15) is 5.75 Å². The number of aryl methyl sites for hydroxylation is 4. The van der Waals surface area contributed by atoms with Crippen LogP contribution in [-0.2, 0) is 0 Å². The lowest BCUT2D eigenvalue weighted by Crippen LogP contribution is -2.15. The summed E-state index contributed by atoms with van der Waals surface area (Å²) in [6.45, 7) is 9.95. The first-order valence-corrected chi connectivity index (χ1v) is 8.49. The van der Waals surface area contributed by atoms with Crippen molar-refractivity contribution in [3.8, 4) is 5.75 Å². The zero-order chi connectivity index (χ0) is 16.8. The molecule has 2 aromatic carbocycles. The van der Waals surface area contributed by atoms with Crippen molar-refractivity contribution < 1.29 is 4.74 Å². The van der Waals surface area contributed by atoms with Crippen LogP contribution >= 0.6 is 0 Å². The van der Waals surface area contributed by atoms with Crippen LogP contribution in [0, 0.1) is 27.7 Å². The molecule has 2 N–H and O–H groups in total. The zero-order valence-corrected chi connectivity index (χ0v) is 14.9. The van der Waals surface area contributed by atoms with Gasteiger partial charge in [0.15, 0.2) is 0 Å². The molecule has 0 saturated heterocycles. The summed E-state index contributed by atoms with van der Waals surface area (Å²) in [5.74, 6) is 1.45. The lowest BCUT2D eigenvalue weighted by Gasteiger charge is -2.18. The minimum Gasteiger partial charge on any atom is -0.493 e. The first-order chi connectivity index (χ1) is 11.0. The Hall–Kier alpha value is -1.80. The summed E-state index contributed by atoms with van der Waals surface area (Å²) in [6.07, 6.45) is 2.08. The molecule has 0 heterocycles. The van der Waals surface area contributed by atoms with Gasteiger partial charge >= 0.3 is 0 Å². The molecule has 0 spiro atoms. The maximum Gasteiger partial charge on any atom is 0.125 e. The molecule has 2 rings (SSSR count). The van der Waals surface area contributed by atoms with Gasteiger partial charge in [-0.2, -0.15) is 0 Å². The molecule has 2 aromatic rings. The van der Waals surface area contributed by atoms with Crippen LogP contribution in [-0.4, -0.2) is 13.2 Å². The largest absolute Gasteiger partial charge is 0.493 e. The Kier molecular flexibility index (Phi) is 6.23. The molecule has 0 aliphatic carbocycles. The zero-order valence-electron chi connectivity index (χ0n) is 14.9. The van der Waals surface area contributed by atoms with E-state index in [0.717, 1.165) is 25.2 Å². The third kappa shape index (κ3) is 4.59. The van der Waals surface area contributed by atoms with E-state index in [4.69, 9.17) is 10.5 Å². The summed E-state index contributed by atoms with van der Waals surface area (Å²) in [5, 5.41) is 0. The molecule has 0 amide bonds. The molecule has 23 heavy (non-hydrogen) atoms. The molecule has 0 bridgehead atoms. The van der Waals surface area contributed by atoms with E-state index in [1.54, 1.807) is 0 Å². The van der Waals surface area contributed by atoms with Crippen LogP contribution < -0.4 is 10.5 Å². The number of benzene rings is 2. The molecular formula is C21H29NO. The maximum absolute atomic E-state index is 6.04. The van der Waals surface area contributed by atoms with Gasteiger partial charge in [0.25, 0.3) is 0 Å². The van der Waals surface area contributed by atoms with E-state index in [1.807, 2.05) is 0 Å². The summed E-state index contributed by atoms with van der Waals surface area (Å²) < 4.78 is 6.04. The second-order valence-electron chi connectivity index (χ2n) is 6.51. The Balaban J connectivity index is 1.91. The molecule has 1 atom stereocenters. The minimum absolute atomic E-state index is 0.417. The van der Waals surface area contributed by atoms with E-state index in [-0.39, 0.29) is 0 Å². The Morgan fingerprint density at radius 1 is 0.957 bits per heavy atom. The third-order valence-corrected chi connectivity index (χ3v) is 4.46. The quantitative estimate of drug-likeness (QED) is 0.744. The first kappa shape index (κ1) is 17.6. The summed E-state index contributed by atoms with van der Waals surface area (Å²) >= 11 is 0. The van der Waals surface area contributed by atoms with Gasteiger partial charge in [0.2, 0.25) is 0 Å². The average molecular weight is 311 g/mol. The van der Waals surface area contributed by atoms with Crippen molar-refractivity contribution in [3.05, 3.63) is 64.2 Å². The monoisotopic (exact) mass is 311 g/mol. The van der Waals surface area contributed by atoms with Gasteiger partial charge in [-0.25, -0.2) is 0 Å². The summed E-state index contributed by atoms with van der Waals surface area (Å²) in [7, 11) is 0. The predicted octanol–water partition coefficient (Wildman–Crippen LogP) is 4.82. The van der Waals surface area contributed by atoms with Crippen molar-refractivity contribution in [2.24, 2.45) is 5.73 Å². The van der Waals surface area contributed by atoms with Crippen molar-refractivity contribution in [1.29, 1.82) is 0 Å². The fourth-order valence-electron chi connectivity index (χ4n) is 3.34. The Bertz CT molecular complexity index is 625. The number of rotatable bonds is 7. The number of ether oxygens (including phenoxy) is 1. The minimum atomic E-state index is 0.417. The molecule has 2 nitrogen and oxygen atoms in total. The lowest BCUT2D eigenvalue weighted by molar-refractivity contribution is 0.298. The van der Waals surface area contributed by atoms with Crippen molar-refractivity contribution in [3.63, 3.8) is 0 Å². The molecule has 124 valence electrons. The SMILES string of the molecule is Cc1cc(C)c(OCCCC(CN)c2ccccc2C)c(C)c1. The maximum atomic E-state index is 6.04. The van der Waals surface area contributed by atoms with E-state index in [9.17, 15) is 0 Å². The lowest BCUT2D eigenvalue weighted by atomic mass is 9.91. The standard InChI is InChI=1S/C21H29NO/c1-15-12-17(3)21(18(4)13-15)23-11-7-9-19(14-22)20-10-6-5-8-16(20)2/h5-6,8,10,12-13,19H,7,9,11,14,22H2,1-4H3. The van der Waals surface area contributed by atoms with Crippen LogP contribution in [0.1, 0.15) is 46.6 Å². The Morgan fingerprint density at radius 2 is 1.61 bits per heavy atom. The number of hydrogen-bond donors (Lipinski definition) is 1. The summed E-state index contributed by atoms with van der Waals surface area (Å²) in [6, 6.07) is 12.9. The molecule has 0 aromatic heterocycles. The van der Waals surface area contributed by atoms with Gasteiger partial charge in [-0.15, -0.1) is 0 Å². The highest BCUT2D eigenvalue weighted by atomic mass is 16.5. The molecule has 0 saturated carbocycles. The van der Waals surface area contributed by atoms with Crippen molar-refractivity contribution >= 4 is 0 Å². The van der Waals surface area contributed by atoms with Gasteiger partial charge in [-0.1, -0.05) is 42.0 Å². The summed E-state index contributed by atoms with van der Waals surface area (Å²) in [5.41, 5.74) is 12.4. The molecule has 0 radical (unpaired) electrons. The molecular weight excluding hydrogens is 282 g/mol. The van der Waals surface area contributed by atoms with Crippen LogP contribution in [0.5, 0.6) is 5.75 Å². The highest BCUT2D eigenvalue weighted by molar-refractivity contribution is 5.42. The normalized spacial score (nSPS) is 12.2. The number of hydrogen-bond acceptors (Lipinski definition) is 2. The van der Waals surface area contributed by atoms with Crippen LogP contribution in [0.4, 0.5) is 0 Å². The third-order valence-electron chi connectivity index (χ3n) is 4.46. The van der Waals surface area contributed by atoms with E-state index < -0.39 is 0 Å². The topological polar surface area (TPSA) is 35.2 Å². The van der Waals surface area contributed by atoms with Crippen molar-refractivity contribution in [1.82, 2.24) is 0 Å². The summed E-state index contributed by atoms with van der Waals surface area (Å²) in [4.78, 5) is 0. The van der Waals surface area contributed by atoms with Crippen LogP contribution in [0.3, 0.4) is 0 Å². The van der Waals surface area contributed by atoms with E-state index >= 15 is 0 Å². The van der Waals surface area contributed by atoms with Gasteiger partial charge < -0.3 is 10.5 Å². The van der Waals surface area contributed by atoms with Crippen LogP contribution in [0.15, 0.2) is 36.4 Å². The number of nitrogens with two attached hydrogens (primary N) is 1. The predicted molar refractivity (Wildman–Crippen MR) is 98.4 cm³/mol. The van der Waals surface area contributed by atoms with Crippen LogP contribution in [0.2, 0.25) is 0 Å². The van der Waals surface area contributed by atoms with Gasteiger partial charge in [-0.3, -0.25) is 0 Å². The Morgan fingerprint density at radius 3 is 2.22 bits per heavy atom. The highest BCUT2D eigenvalue weighted by Gasteiger charge is 2.12. The van der Waals surface area contributed by atoms with Crippen molar-refractivity contribution in [2.45, 2.75) is 46.5 Å². The molecule has 0 aliphatic heterocycles. The molecule has 0 aliphatic rings. The smallest absolute Gasteiger partial charge is 0.125 e. The Labute approximate surface area is 140 Å². The van der Waals surface area contributed by atoms with Gasteiger partial charge in [0, 0.05) is 0 Å². The first-order valence-electron chi connectivity index (χ1n) is 8.49. The highest BCUT2D eigenvalue weighted by Crippen LogP contribution is 2.26. The van der Waals surface area contributed by atoms with Crippen molar-refractivity contribution in [2.75, 3.05) is 13.2 Å². The van der Waals surface area contributed by atoms with E-state index in [2.05, 4.69) is 64.1 Å².